The molecule has 2 aliphatic carbocycles. The number of aromatic amines is 1. The van der Waals surface area contributed by atoms with E-state index in [1.807, 2.05) is 12.1 Å². The third-order valence-corrected chi connectivity index (χ3v) is 5.45. The minimum absolute atomic E-state index is 0.0177. The van der Waals surface area contributed by atoms with E-state index >= 15 is 0 Å². The Bertz CT molecular complexity index is 680. The van der Waals surface area contributed by atoms with Crippen molar-refractivity contribution in [1.29, 1.82) is 0 Å². The molecule has 116 valence electrons. The van der Waals surface area contributed by atoms with Crippen molar-refractivity contribution in [1.82, 2.24) is 20.7 Å². The van der Waals surface area contributed by atoms with Gasteiger partial charge in [0.25, 0.3) is 5.91 Å². The lowest BCUT2D eigenvalue weighted by molar-refractivity contribution is 0.0879. The molecule has 0 aliphatic heterocycles. The fraction of sp³-hybridized carbons (Fsp3) is 0.588. The Labute approximate surface area is 129 Å². The molecule has 0 unspecified atom stereocenters. The predicted octanol–water partition coefficient (Wildman–Crippen LogP) is 3.05. The van der Waals surface area contributed by atoms with Crippen LogP contribution in [-0.2, 0) is 0 Å². The fourth-order valence-electron chi connectivity index (χ4n) is 4.25. The number of carbonyl (C=O) groups excluding carboxylic acids is 1. The normalized spacial score (nSPS) is 28.3. The molecule has 2 fully saturated rings. The molecule has 1 heterocycles. The summed E-state index contributed by atoms with van der Waals surface area (Å²) in [5, 5.41) is 13.9. The molecule has 2 saturated carbocycles. The first kappa shape index (κ1) is 13.7. The molecule has 2 N–H and O–H groups in total. The maximum Gasteiger partial charge on any atom is 0.251 e. The van der Waals surface area contributed by atoms with Crippen LogP contribution in [0.4, 0.5) is 0 Å². The molecule has 0 spiro atoms. The molecule has 1 aromatic carbocycles. The van der Waals surface area contributed by atoms with Gasteiger partial charge in [-0.3, -0.25) is 4.79 Å². The number of aromatic nitrogens is 3. The SMILES string of the molecule is O=C(N[C@@H]1CC[C@@H]2CCCC[C@@H]2C1)c1ccc2n[nH]nc2c1. The van der Waals surface area contributed by atoms with Crippen molar-refractivity contribution in [2.24, 2.45) is 11.8 Å². The number of nitrogens with one attached hydrogen (secondary N) is 2. The second kappa shape index (κ2) is 5.71. The molecular weight excluding hydrogens is 276 g/mol. The lowest BCUT2D eigenvalue weighted by Gasteiger charge is -2.39. The lowest BCUT2D eigenvalue weighted by Crippen LogP contribution is -2.41. The van der Waals surface area contributed by atoms with E-state index in [9.17, 15) is 4.79 Å². The van der Waals surface area contributed by atoms with Gasteiger partial charge in [0.15, 0.2) is 0 Å². The van der Waals surface area contributed by atoms with E-state index in [-0.39, 0.29) is 5.91 Å². The quantitative estimate of drug-likeness (QED) is 0.895. The molecule has 5 heteroatoms. The summed E-state index contributed by atoms with van der Waals surface area (Å²) in [6.07, 6.45) is 9.07. The van der Waals surface area contributed by atoms with Crippen molar-refractivity contribution in [3.05, 3.63) is 23.8 Å². The van der Waals surface area contributed by atoms with Crippen LogP contribution in [0, 0.1) is 11.8 Å². The monoisotopic (exact) mass is 298 g/mol. The zero-order chi connectivity index (χ0) is 14.9. The summed E-state index contributed by atoms with van der Waals surface area (Å²) in [4.78, 5) is 12.5. The summed E-state index contributed by atoms with van der Waals surface area (Å²) >= 11 is 0. The highest BCUT2D eigenvalue weighted by molar-refractivity contribution is 5.97. The fourth-order valence-corrected chi connectivity index (χ4v) is 4.25. The molecule has 4 rings (SSSR count). The van der Waals surface area contributed by atoms with E-state index in [2.05, 4.69) is 20.7 Å². The van der Waals surface area contributed by atoms with Crippen LogP contribution < -0.4 is 5.32 Å². The highest BCUT2D eigenvalue weighted by Gasteiger charge is 2.32. The third-order valence-electron chi connectivity index (χ3n) is 5.45. The van der Waals surface area contributed by atoms with Gasteiger partial charge in [0, 0.05) is 11.6 Å². The number of carbonyl (C=O) groups is 1. The standard InChI is InChI=1S/C17H22N4O/c22-17(13-6-8-15-16(10-13)20-21-19-15)18-14-7-5-11-3-1-2-4-12(11)9-14/h6,8,10-12,14H,1-5,7,9H2,(H,18,22)(H,19,20,21)/t11-,12+,14+/m0/s1. The molecule has 3 atom stereocenters. The van der Waals surface area contributed by atoms with Gasteiger partial charge in [-0.15, -0.1) is 0 Å². The van der Waals surface area contributed by atoms with Gasteiger partial charge >= 0.3 is 0 Å². The van der Waals surface area contributed by atoms with Crippen LogP contribution in [0.5, 0.6) is 0 Å². The number of hydrogen-bond donors (Lipinski definition) is 2. The Morgan fingerprint density at radius 2 is 1.86 bits per heavy atom. The summed E-state index contributed by atoms with van der Waals surface area (Å²) in [5.41, 5.74) is 2.20. The Morgan fingerprint density at radius 1 is 1.05 bits per heavy atom. The molecule has 1 amide bonds. The molecule has 0 saturated heterocycles. The molecule has 2 aliphatic rings. The largest absolute Gasteiger partial charge is 0.349 e. The molecule has 0 bridgehead atoms. The van der Waals surface area contributed by atoms with Crippen molar-refractivity contribution < 1.29 is 4.79 Å². The van der Waals surface area contributed by atoms with E-state index in [4.69, 9.17) is 0 Å². The number of amides is 1. The van der Waals surface area contributed by atoms with Gasteiger partial charge in [0.1, 0.15) is 11.0 Å². The molecule has 5 nitrogen and oxygen atoms in total. The number of H-pyrrole nitrogens is 1. The van der Waals surface area contributed by atoms with Crippen molar-refractivity contribution in [3.8, 4) is 0 Å². The van der Waals surface area contributed by atoms with E-state index in [0.29, 0.717) is 11.6 Å². The van der Waals surface area contributed by atoms with Crippen molar-refractivity contribution >= 4 is 16.9 Å². The first-order valence-electron chi connectivity index (χ1n) is 8.41. The van der Waals surface area contributed by atoms with E-state index in [1.165, 1.54) is 32.1 Å². The minimum Gasteiger partial charge on any atom is -0.349 e. The van der Waals surface area contributed by atoms with Crippen LogP contribution in [-0.4, -0.2) is 27.4 Å². The predicted molar refractivity (Wildman–Crippen MR) is 84.4 cm³/mol. The van der Waals surface area contributed by atoms with Gasteiger partial charge in [0.2, 0.25) is 0 Å². The van der Waals surface area contributed by atoms with Crippen LogP contribution >= 0.6 is 0 Å². The minimum atomic E-state index is 0.0177. The van der Waals surface area contributed by atoms with Crippen molar-refractivity contribution in [2.45, 2.75) is 51.0 Å². The average Bonchev–Trinajstić information content (AvgIpc) is 3.02. The molecular formula is C17H22N4O. The Morgan fingerprint density at radius 3 is 2.77 bits per heavy atom. The maximum atomic E-state index is 12.5. The van der Waals surface area contributed by atoms with Gasteiger partial charge in [-0.05, 0) is 49.3 Å². The molecule has 0 radical (unpaired) electrons. The smallest absolute Gasteiger partial charge is 0.251 e. The molecule has 22 heavy (non-hydrogen) atoms. The van der Waals surface area contributed by atoms with Crippen molar-refractivity contribution in [2.75, 3.05) is 0 Å². The number of hydrogen-bond acceptors (Lipinski definition) is 3. The van der Waals surface area contributed by atoms with Crippen LogP contribution in [0.1, 0.15) is 55.3 Å². The zero-order valence-corrected chi connectivity index (χ0v) is 12.7. The number of benzene rings is 1. The summed E-state index contributed by atoms with van der Waals surface area (Å²) < 4.78 is 0. The number of nitrogens with zero attached hydrogens (tertiary/aromatic N) is 2. The van der Waals surface area contributed by atoms with Gasteiger partial charge in [-0.25, -0.2) is 0 Å². The highest BCUT2D eigenvalue weighted by Crippen LogP contribution is 2.40. The lowest BCUT2D eigenvalue weighted by atomic mass is 9.69. The van der Waals surface area contributed by atoms with E-state index < -0.39 is 0 Å². The molecule has 2 aromatic rings. The summed E-state index contributed by atoms with van der Waals surface area (Å²) in [7, 11) is 0. The summed E-state index contributed by atoms with van der Waals surface area (Å²) in [5.74, 6) is 1.75. The maximum absolute atomic E-state index is 12.5. The summed E-state index contributed by atoms with van der Waals surface area (Å²) in [6, 6.07) is 5.80. The second-order valence-electron chi connectivity index (χ2n) is 6.82. The van der Waals surface area contributed by atoms with Crippen LogP contribution in [0.2, 0.25) is 0 Å². The highest BCUT2D eigenvalue weighted by atomic mass is 16.1. The Kier molecular flexibility index (Phi) is 3.56. The first-order chi connectivity index (χ1) is 10.8. The van der Waals surface area contributed by atoms with Gasteiger partial charge in [-0.2, -0.15) is 15.4 Å². The number of fused-ring (bicyclic) bond motifs is 2. The topological polar surface area (TPSA) is 70.7 Å². The van der Waals surface area contributed by atoms with Crippen LogP contribution in [0.15, 0.2) is 18.2 Å². The second-order valence-corrected chi connectivity index (χ2v) is 6.82. The third kappa shape index (κ3) is 2.60. The van der Waals surface area contributed by atoms with Crippen molar-refractivity contribution in [3.63, 3.8) is 0 Å². The number of rotatable bonds is 2. The average molecular weight is 298 g/mol. The Balaban J connectivity index is 1.43. The van der Waals surface area contributed by atoms with Crippen LogP contribution in [0.3, 0.4) is 0 Å². The Hall–Kier alpha value is -1.91. The molecule has 1 aromatic heterocycles. The van der Waals surface area contributed by atoms with E-state index in [1.54, 1.807) is 6.07 Å². The van der Waals surface area contributed by atoms with E-state index in [0.717, 1.165) is 35.7 Å². The first-order valence-corrected chi connectivity index (χ1v) is 8.41. The summed E-state index contributed by atoms with van der Waals surface area (Å²) in [6.45, 7) is 0. The van der Waals surface area contributed by atoms with Crippen LogP contribution in [0.25, 0.3) is 11.0 Å². The zero-order valence-electron chi connectivity index (χ0n) is 12.7. The van der Waals surface area contributed by atoms with Gasteiger partial charge in [-0.1, -0.05) is 25.7 Å². The van der Waals surface area contributed by atoms with Gasteiger partial charge in [0.05, 0.1) is 0 Å². The van der Waals surface area contributed by atoms with Gasteiger partial charge < -0.3 is 5.32 Å².